The quantitative estimate of drug-likeness (QED) is 0.541. The number of ether oxygens (including phenoxy) is 1. The summed E-state index contributed by atoms with van der Waals surface area (Å²) in [4.78, 5) is 3.78. The van der Waals surface area contributed by atoms with Crippen molar-refractivity contribution < 1.29 is 26.8 Å². The average molecular weight is 299 g/mol. The summed E-state index contributed by atoms with van der Waals surface area (Å²) < 4.78 is 57.7. The maximum Gasteiger partial charge on any atom is 0.330 e. The predicted molar refractivity (Wildman–Crippen MR) is 56.7 cm³/mol. The number of hydrogen-bond donors (Lipinski definition) is 0. The molecule has 0 radical (unpaired) electrons. The topological polar surface area (TPSA) is 71.9 Å². The van der Waals surface area contributed by atoms with E-state index < -0.39 is 25.6 Å². The van der Waals surface area contributed by atoms with Gasteiger partial charge in [-0.15, -0.1) is 11.8 Å². The molecule has 1 aromatic heterocycles. The van der Waals surface area contributed by atoms with Gasteiger partial charge in [-0.25, -0.2) is 8.78 Å². The second-order valence-electron chi connectivity index (χ2n) is 3.31. The molecule has 0 saturated carbocycles. The van der Waals surface area contributed by atoms with Crippen LogP contribution in [0.4, 0.5) is 17.6 Å². The lowest BCUT2D eigenvalue weighted by Crippen LogP contribution is -2.32. The number of hydrogen-bond acceptors (Lipinski definition) is 6. The van der Waals surface area contributed by atoms with Gasteiger partial charge in [0.15, 0.2) is 5.82 Å². The summed E-state index contributed by atoms with van der Waals surface area (Å²) in [5.41, 5.74) is 0. The van der Waals surface area contributed by atoms with Crippen LogP contribution in [0.3, 0.4) is 0 Å². The smallest absolute Gasteiger partial charge is 0.330 e. The van der Waals surface area contributed by atoms with Crippen LogP contribution in [0.5, 0.6) is 0 Å². The Bertz CT molecular complexity index is 435. The fourth-order valence-corrected chi connectivity index (χ4v) is 1.42. The van der Waals surface area contributed by atoms with Crippen molar-refractivity contribution in [2.24, 2.45) is 0 Å². The van der Waals surface area contributed by atoms with Crippen molar-refractivity contribution in [1.29, 1.82) is 5.26 Å². The van der Waals surface area contributed by atoms with E-state index in [1.54, 1.807) is 0 Å². The minimum atomic E-state index is -4.20. The lowest BCUT2D eigenvalue weighted by Gasteiger charge is -2.14. The molecule has 1 heterocycles. The van der Waals surface area contributed by atoms with E-state index >= 15 is 0 Å². The van der Waals surface area contributed by atoms with E-state index in [1.807, 2.05) is 6.07 Å². The number of alkyl halides is 4. The monoisotopic (exact) mass is 299 g/mol. The van der Waals surface area contributed by atoms with Gasteiger partial charge in [-0.1, -0.05) is 5.16 Å². The second-order valence-corrected chi connectivity index (χ2v) is 4.30. The first kappa shape index (κ1) is 15.7. The van der Waals surface area contributed by atoms with Gasteiger partial charge in [-0.2, -0.15) is 19.0 Å². The summed E-state index contributed by atoms with van der Waals surface area (Å²) in [6.07, 6.45) is -3.78. The zero-order valence-electron chi connectivity index (χ0n) is 9.48. The molecule has 106 valence electrons. The minimum absolute atomic E-state index is 0.0161. The molecule has 0 aliphatic heterocycles. The van der Waals surface area contributed by atoms with Gasteiger partial charge in [0.05, 0.1) is 17.6 Å². The molecule has 0 fully saturated rings. The Morgan fingerprint density at radius 1 is 1.47 bits per heavy atom. The Morgan fingerprint density at radius 3 is 2.84 bits per heavy atom. The van der Waals surface area contributed by atoms with Gasteiger partial charge in [-0.05, 0) is 0 Å². The van der Waals surface area contributed by atoms with Gasteiger partial charge >= 0.3 is 12.3 Å². The predicted octanol–water partition coefficient (Wildman–Crippen LogP) is 2.24. The molecule has 1 rings (SSSR count). The lowest BCUT2D eigenvalue weighted by molar-refractivity contribution is -0.168. The van der Waals surface area contributed by atoms with Crippen LogP contribution >= 0.6 is 11.8 Å². The molecule has 0 N–H and O–H groups in total. The number of halogens is 4. The highest BCUT2D eigenvalue weighted by molar-refractivity contribution is 7.98. The summed E-state index contributed by atoms with van der Waals surface area (Å²) in [6.45, 7) is -1.87. The molecule has 0 amide bonds. The number of aromatic nitrogens is 2. The minimum Gasteiger partial charge on any atom is -0.367 e. The summed E-state index contributed by atoms with van der Waals surface area (Å²) in [7, 11) is 0. The number of nitriles is 1. The van der Waals surface area contributed by atoms with Crippen molar-refractivity contribution in [2.45, 2.75) is 24.7 Å². The van der Waals surface area contributed by atoms with Crippen LogP contribution in [-0.4, -0.2) is 34.8 Å². The van der Waals surface area contributed by atoms with Crippen molar-refractivity contribution in [3.63, 3.8) is 0 Å². The van der Waals surface area contributed by atoms with E-state index in [0.717, 1.165) is 0 Å². The maximum absolute atomic E-state index is 12.5. The van der Waals surface area contributed by atoms with Gasteiger partial charge in [0.25, 0.3) is 0 Å². The molecule has 0 aliphatic rings. The molecule has 1 aromatic rings. The zero-order chi connectivity index (χ0) is 14.3. The van der Waals surface area contributed by atoms with E-state index in [1.165, 1.54) is 11.8 Å². The first-order valence-electron chi connectivity index (χ1n) is 4.95. The summed E-state index contributed by atoms with van der Waals surface area (Å²) in [5.74, 6) is -3.46. The van der Waals surface area contributed by atoms with Crippen molar-refractivity contribution in [3.05, 3.63) is 11.7 Å². The third-order valence-electron chi connectivity index (χ3n) is 1.75. The Labute approximate surface area is 109 Å². The standard InChI is InChI=1S/C9H9F4N3O2S/c10-8(11)9(12,13)5-17-3-6-15-7(18-16-6)4-19-2-1-14/h8H,2-5H2. The number of nitrogens with zero attached hydrogens (tertiary/aromatic N) is 3. The van der Waals surface area contributed by atoms with Crippen LogP contribution in [0.25, 0.3) is 0 Å². The van der Waals surface area contributed by atoms with Crippen LogP contribution in [0.2, 0.25) is 0 Å². The van der Waals surface area contributed by atoms with Gasteiger partial charge in [0.2, 0.25) is 5.89 Å². The number of rotatable bonds is 8. The molecule has 10 heteroatoms. The molecule has 0 atom stereocenters. The van der Waals surface area contributed by atoms with Crippen LogP contribution in [0, 0.1) is 11.3 Å². The van der Waals surface area contributed by atoms with Gasteiger partial charge in [-0.3, -0.25) is 0 Å². The fraction of sp³-hybridized carbons (Fsp3) is 0.667. The van der Waals surface area contributed by atoms with Crippen molar-refractivity contribution in [3.8, 4) is 6.07 Å². The van der Waals surface area contributed by atoms with Gasteiger partial charge < -0.3 is 9.26 Å². The first-order chi connectivity index (χ1) is 8.95. The van der Waals surface area contributed by atoms with Crippen LogP contribution in [-0.2, 0) is 17.1 Å². The summed E-state index contributed by atoms with van der Waals surface area (Å²) in [5, 5.41) is 11.7. The lowest BCUT2D eigenvalue weighted by atomic mass is 10.4. The Balaban J connectivity index is 2.33. The second kappa shape index (κ2) is 7.30. The van der Waals surface area contributed by atoms with E-state index in [9.17, 15) is 17.6 Å². The van der Waals surface area contributed by atoms with E-state index in [4.69, 9.17) is 9.78 Å². The first-order valence-corrected chi connectivity index (χ1v) is 6.11. The Kier molecular flexibility index (Phi) is 6.04. The van der Waals surface area contributed by atoms with Crippen molar-refractivity contribution >= 4 is 11.8 Å². The molecule has 0 aromatic carbocycles. The Hall–Kier alpha value is -1.34. The Morgan fingerprint density at radius 2 is 2.21 bits per heavy atom. The molecule has 0 unspecified atom stereocenters. The van der Waals surface area contributed by atoms with E-state index in [0.29, 0.717) is 5.75 Å². The van der Waals surface area contributed by atoms with Crippen LogP contribution < -0.4 is 0 Å². The highest BCUT2D eigenvalue weighted by atomic mass is 32.2. The van der Waals surface area contributed by atoms with E-state index in [2.05, 4.69) is 14.9 Å². The highest BCUT2D eigenvalue weighted by Crippen LogP contribution is 2.23. The highest BCUT2D eigenvalue weighted by Gasteiger charge is 2.41. The van der Waals surface area contributed by atoms with Crippen LogP contribution in [0.15, 0.2) is 4.52 Å². The van der Waals surface area contributed by atoms with Crippen molar-refractivity contribution in [1.82, 2.24) is 10.1 Å². The normalized spacial score (nSPS) is 11.8. The maximum atomic E-state index is 12.5. The SMILES string of the molecule is N#CCSCc1nc(COCC(F)(F)C(F)F)no1. The molecule has 0 saturated heterocycles. The molecular formula is C9H9F4N3O2S. The molecule has 0 bridgehead atoms. The zero-order valence-corrected chi connectivity index (χ0v) is 10.3. The molecule has 5 nitrogen and oxygen atoms in total. The third-order valence-corrected chi connectivity index (χ3v) is 2.53. The van der Waals surface area contributed by atoms with Gasteiger partial charge in [0, 0.05) is 0 Å². The molecule has 0 aliphatic carbocycles. The molecule has 19 heavy (non-hydrogen) atoms. The average Bonchev–Trinajstić information content (AvgIpc) is 2.77. The van der Waals surface area contributed by atoms with Crippen LogP contribution in [0.1, 0.15) is 11.7 Å². The van der Waals surface area contributed by atoms with Crippen molar-refractivity contribution in [2.75, 3.05) is 12.4 Å². The number of thioether (sulfide) groups is 1. The van der Waals surface area contributed by atoms with Gasteiger partial charge in [0.1, 0.15) is 13.2 Å². The summed E-state index contributed by atoms with van der Waals surface area (Å²) in [6, 6.07) is 1.90. The fourth-order valence-electron chi connectivity index (χ4n) is 0.933. The third kappa shape index (κ3) is 5.44. The largest absolute Gasteiger partial charge is 0.367 e. The van der Waals surface area contributed by atoms with E-state index in [-0.39, 0.29) is 17.5 Å². The molecule has 0 spiro atoms. The summed E-state index contributed by atoms with van der Waals surface area (Å²) >= 11 is 1.23. The molecular weight excluding hydrogens is 290 g/mol.